The number of hydrogen-bond acceptors (Lipinski definition) is 3. The van der Waals surface area contributed by atoms with Crippen LogP contribution in [-0.2, 0) is 0 Å². The fourth-order valence-electron chi connectivity index (χ4n) is 1.82. The third-order valence-electron chi connectivity index (χ3n) is 2.89. The van der Waals surface area contributed by atoms with E-state index in [1.807, 2.05) is 30.3 Å². The maximum absolute atomic E-state index is 5.78. The quantitative estimate of drug-likeness (QED) is 0.639. The van der Waals surface area contributed by atoms with E-state index >= 15 is 0 Å². The van der Waals surface area contributed by atoms with E-state index in [1.165, 1.54) is 0 Å². The van der Waals surface area contributed by atoms with Gasteiger partial charge in [0.15, 0.2) is 0 Å². The van der Waals surface area contributed by atoms with Crippen molar-refractivity contribution in [3.05, 3.63) is 51.4 Å². The summed E-state index contributed by atoms with van der Waals surface area (Å²) in [5.41, 5.74) is 1.13. The van der Waals surface area contributed by atoms with Crippen LogP contribution in [-0.4, -0.2) is 20.3 Å². The summed E-state index contributed by atoms with van der Waals surface area (Å²) < 4.78 is 12.8. The summed E-state index contributed by atoms with van der Waals surface area (Å²) in [6.07, 6.45) is 0.922. The molecule has 0 unspecified atom stereocenters. The first-order chi connectivity index (χ1) is 10.2. The third-order valence-corrected chi connectivity index (χ3v) is 4.13. The number of nitrogens with one attached hydrogen (secondary N) is 1. The molecule has 2 aromatic carbocycles. The Balaban J connectivity index is 1.77. The molecule has 1 N–H and O–H groups in total. The number of anilines is 1. The Labute approximate surface area is 141 Å². The van der Waals surface area contributed by atoms with Gasteiger partial charge in [0.25, 0.3) is 0 Å². The minimum absolute atomic E-state index is 0.650. The molecular formula is C16H17Br2NO2. The Morgan fingerprint density at radius 1 is 1.00 bits per heavy atom. The number of hydrogen-bond donors (Lipinski definition) is 1. The summed E-state index contributed by atoms with van der Waals surface area (Å²) in [5.74, 6) is 1.59. The third kappa shape index (κ3) is 4.93. The van der Waals surface area contributed by atoms with Gasteiger partial charge in [-0.2, -0.15) is 0 Å². The fraction of sp³-hybridized carbons (Fsp3) is 0.250. The number of methoxy groups -OCH3 is 1. The lowest BCUT2D eigenvalue weighted by Crippen LogP contribution is -2.07. The summed E-state index contributed by atoms with van der Waals surface area (Å²) in [5, 5.41) is 3.35. The van der Waals surface area contributed by atoms with Gasteiger partial charge in [-0.1, -0.05) is 18.2 Å². The van der Waals surface area contributed by atoms with E-state index in [4.69, 9.17) is 9.47 Å². The fourth-order valence-corrected chi connectivity index (χ4v) is 2.74. The zero-order valence-corrected chi connectivity index (χ0v) is 14.9. The number of rotatable bonds is 7. The summed E-state index contributed by atoms with van der Waals surface area (Å²) in [6.45, 7) is 1.52. The van der Waals surface area contributed by atoms with E-state index in [9.17, 15) is 0 Å². The number of para-hydroxylation sites is 1. The SMILES string of the molecule is COc1cc(Br)c(OCCCNc2ccccc2)cc1Br. The molecule has 0 spiro atoms. The van der Waals surface area contributed by atoms with Crippen molar-refractivity contribution in [2.75, 3.05) is 25.6 Å². The van der Waals surface area contributed by atoms with Gasteiger partial charge in [-0.05, 0) is 62.5 Å². The van der Waals surface area contributed by atoms with Gasteiger partial charge in [0.1, 0.15) is 11.5 Å². The van der Waals surface area contributed by atoms with Crippen LogP contribution in [0.2, 0.25) is 0 Å². The largest absolute Gasteiger partial charge is 0.496 e. The van der Waals surface area contributed by atoms with Crippen LogP contribution in [0.15, 0.2) is 51.4 Å². The maximum atomic E-state index is 5.78. The van der Waals surface area contributed by atoms with Crippen LogP contribution < -0.4 is 14.8 Å². The highest BCUT2D eigenvalue weighted by molar-refractivity contribution is 9.11. The highest BCUT2D eigenvalue weighted by Crippen LogP contribution is 2.35. The van der Waals surface area contributed by atoms with Crippen LogP contribution in [0.3, 0.4) is 0 Å². The second-order valence-electron chi connectivity index (χ2n) is 4.41. The minimum Gasteiger partial charge on any atom is -0.496 e. The number of halogens is 2. The molecule has 0 aliphatic heterocycles. The van der Waals surface area contributed by atoms with E-state index < -0.39 is 0 Å². The van der Waals surface area contributed by atoms with Crippen LogP contribution in [0, 0.1) is 0 Å². The standard InChI is InChI=1S/C16H17Br2NO2/c1-20-15-10-14(18)16(11-13(15)17)21-9-5-8-19-12-6-3-2-4-7-12/h2-4,6-7,10-11,19H,5,8-9H2,1H3. The predicted molar refractivity (Wildman–Crippen MR) is 93.4 cm³/mol. The van der Waals surface area contributed by atoms with Crippen LogP contribution in [0.25, 0.3) is 0 Å². The van der Waals surface area contributed by atoms with Gasteiger partial charge in [-0.3, -0.25) is 0 Å². The van der Waals surface area contributed by atoms with Crippen molar-refractivity contribution in [1.82, 2.24) is 0 Å². The topological polar surface area (TPSA) is 30.5 Å². The molecule has 0 bridgehead atoms. The van der Waals surface area contributed by atoms with Crippen LogP contribution in [0.4, 0.5) is 5.69 Å². The summed E-state index contributed by atoms with van der Waals surface area (Å²) in [7, 11) is 1.64. The molecule has 0 atom stereocenters. The molecule has 0 radical (unpaired) electrons. The predicted octanol–water partition coefficient (Wildman–Crippen LogP) is 5.10. The molecule has 0 aliphatic rings. The molecule has 2 rings (SSSR count). The molecule has 5 heteroatoms. The zero-order chi connectivity index (χ0) is 15.1. The van der Waals surface area contributed by atoms with Gasteiger partial charge < -0.3 is 14.8 Å². The molecule has 2 aromatic rings. The van der Waals surface area contributed by atoms with E-state index in [0.29, 0.717) is 6.61 Å². The lowest BCUT2D eigenvalue weighted by molar-refractivity contribution is 0.312. The molecule has 0 aliphatic carbocycles. The Hall–Kier alpha value is -1.20. The van der Waals surface area contributed by atoms with E-state index in [0.717, 1.165) is 39.1 Å². The van der Waals surface area contributed by atoms with Gasteiger partial charge in [0, 0.05) is 12.2 Å². The van der Waals surface area contributed by atoms with Crippen LogP contribution in [0.1, 0.15) is 6.42 Å². The smallest absolute Gasteiger partial charge is 0.134 e. The van der Waals surface area contributed by atoms with Gasteiger partial charge in [0.05, 0.1) is 22.7 Å². The summed E-state index contributed by atoms with van der Waals surface area (Å²) in [4.78, 5) is 0. The Kier molecular flexibility index (Phi) is 6.39. The lowest BCUT2D eigenvalue weighted by atomic mass is 10.3. The highest BCUT2D eigenvalue weighted by Gasteiger charge is 2.07. The second-order valence-corrected chi connectivity index (χ2v) is 6.12. The van der Waals surface area contributed by atoms with Crippen molar-refractivity contribution < 1.29 is 9.47 Å². The van der Waals surface area contributed by atoms with Gasteiger partial charge in [-0.15, -0.1) is 0 Å². The van der Waals surface area contributed by atoms with Crippen molar-refractivity contribution in [3.63, 3.8) is 0 Å². The first-order valence-electron chi connectivity index (χ1n) is 6.65. The molecule has 3 nitrogen and oxygen atoms in total. The van der Waals surface area contributed by atoms with Crippen molar-refractivity contribution in [2.45, 2.75) is 6.42 Å². The normalized spacial score (nSPS) is 10.2. The molecule has 0 fully saturated rings. The van der Waals surface area contributed by atoms with Crippen molar-refractivity contribution in [3.8, 4) is 11.5 Å². The molecule has 0 saturated carbocycles. The summed E-state index contributed by atoms with van der Waals surface area (Å²) >= 11 is 6.94. The zero-order valence-electron chi connectivity index (χ0n) is 11.7. The summed E-state index contributed by atoms with van der Waals surface area (Å²) in [6, 6.07) is 14.0. The molecule has 0 amide bonds. The second kappa shape index (κ2) is 8.29. The van der Waals surface area contributed by atoms with E-state index in [2.05, 4.69) is 49.3 Å². The number of ether oxygens (including phenoxy) is 2. The van der Waals surface area contributed by atoms with Crippen molar-refractivity contribution in [1.29, 1.82) is 0 Å². The minimum atomic E-state index is 0.650. The van der Waals surface area contributed by atoms with E-state index in [1.54, 1.807) is 7.11 Å². The first-order valence-corrected chi connectivity index (χ1v) is 8.24. The Morgan fingerprint density at radius 3 is 2.38 bits per heavy atom. The first kappa shape index (κ1) is 16.2. The molecule has 0 aromatic heterocycles. The van der Waals surface area contributed by atoms with Crippen LogP contribution >= 0.6 is 31.9 Å². The Bertz CT molecular complexity index is 576. The molecule has 112 valence electrons. The van der Waals surface area contributed by atoms with Crippen molar-refractivity contribution in [2.24, 2.45) is 0 Å². The molecule has 21 heavy (non-hydrogen) atoms. The monoisotopic (exact) mass is 413 g/mol. The molecular weight excluding hydrogens is 398 g/mol. The van der Waals surface area contributed by atoms with Crippen molar-refractivity contribution >= 4 is 37.5 Å². The molecule has 0 saturated heterocycles. The Morgan fingerprint density at radius 2 is 1.67 bits per heavy atom. The average molecular weight is 415 g/mol. The highest BCUT2D eigenvalue weighted by atomic mass is 79.9. The maximum Gasteiger partial charge on any atom is 0.134 e. The molecule has 0 heterocycles. The van der Waals surface area contributed by atoms with Gasteiger partial charge in [0.2, 0.25) is 0 Å². The van der Waals surface area contributed by atoms with Gasteiger partial charge in [-0.25, -0.2) is 0 Å². The van der Waals surface area contributed by atoms with E-state index in [-0.39, 0.29) is 0 Å². The number of benzene rings is 2. The van der Waals surface area contributed by atoms with Crippen LogP contribution in [0.5, 0.6) is 11.5 Å². The van der Waals surface area contributed by atoms with Gasteiger partial charge >= 0.3 is 0 Å². The lowest BCUT2D eigenvalue weighted by Gasteiger charge is -2.11. The average Bonchev–Trinajstić information content (AvgIpc) is 2.51.